The second-order valence-corrected chi connectivity index (χ2v) is 8.54. The highest BCUT2D eigenvalue weighted by atomic mass is 32.2. The van der Waals surface area contributed by atoms with Crippen molar-refractivity contribution in [3.63, 3.8) is 0 Å². The molecule has 27 heavy (non-hydrogen) atoms. The summed E-state index contributed by atoms with van der Waals surface area (Å²) in [5, 5.41) is 5.00. The molecule has 0 aromatic heterocycles. The second-order valence-electron chi connectivity index (χ2n) is 6.43. The molecule has 0 aliphatic rings. The molecular weight excluding hydrogens is 372 g/mol. The first-order valence-electron chi connectivity index (χ1n) is 8.51. The van der Waals surface area contributed by atoms with Crippen LogP contribution in [0.1, 0.15) is 27.2 Å². The quantitative estimate of drug-likeness (QED) is 0.590. The Morgan fingerprint density at radius 3 is 2.15 bits per heavy atom. The third-order valence-corrected chi connectivity index (χ3v) is 5.65. The number of ether oxygens (including phenoxy) is 1. The maximum absolute atomic E-state index is 12.5. The molecule has 0 spiro atoms. The molecule has 9 heteroatoms. The molecule has 0 aliphatic carbocycles. The van der Waals surface area contributed by atoms with Gasteiger partial charge in [0, 0.05) is 6.92 Å². The summed E-state index contributed by atoms with van der Waals surface area (Å²) in [7, 11) is -2.46. The van der Waals surface area contributed by atoms with E-state index in [-0.39, 0.29) is 28.9 Å². The molecule has 0 unspecified atom stereocenters. The molecule has 2 amide bonds. The van der Waals surface area contributed by atoms with Crippen molar-refractivity contribution >= 4 is 27.6 Å². The third-order valence-electron chi connectivity index (χ3n) is 3.89. The average Bonchev–Trinajstić information content (AvgIpc) is 2.62. The lowest BCUT2D eigenvalue weighted by atomic mass is 10.0. The molecule has 1 aromatic rings. The Balaban J connectivity index is 2.89. The van der Waals surface area contributed by atoms with Gasteiger partial charge >= 0.3 is 5.97 Å². The van der Waals surface area contributed by atoms with Gasteiger partial charge in [-0.1, -0.05) is 32.0 Å². The lowest BCUT2D eigenvalue weighted by molar-refractivity contribution is -0.145. The first kappa shape index (κ1) is 22.6. The Kier molecular flexibility index (Phi) is 8.42. The van der Waals surface area contributed by atoms with E-state index in [2.05, 4.69) is 15.4 Å². The fourth-order valence-corrected chi connectivity index (χ4v) is 3.78. The zero-order chi connectivity index (χ0) is 20.6. The van der Waals surface area contributed by atoms with Gasteiger partial charge in [-0.25, -0.2) is 13.2 Å². The van der Waals surface area contributed by atoms with Crippen molar-refractivity contribution in [1.82, 2.24) is 10.6 Å². The SMILES string of the molecule is COC(=O)[C@H](CCS(=O)(=O)c1ccccc1)NC(=O)[C@H](NC(C)=O)C(C)C. The van der Waals surface area contributed by atoms with E-state index < -0.39 is 33.8 Å². The zero-order valence-electron chi connectivity index (χ0n) is 15.9. The van der Waals surface area contributed by atoms with Crippen molar-refractivity contribution in [1.29, 1.82) is 0 Å². The Labute approximate surface area is 159 Å². The van der Waals surface area contributed by atoms with Gasteiger partial charge in [-0.15, -0.1) is 0 Å². The van der Waals surface area contributed by atoms with Crippen LogP contribution in [-0.4, -0.2) is 51.1 Å². The van der Waals surface area contributed by atoms with E-state index in [9.17, 15) is 22.8 Å². The van der Waals surface area contributed by atoms with Crippen LogP contribution in [0.3, 0.4) is 0 Å². The van der Waals surface area contributed by atoms with Crippen molar-refractivity contribution in [2.75, 3.05) is 12.9 Å². The number of esters is 1. The Morgan fingerprint density at radius 1 is 1.07 bits per heavy atom. The van der Waals surface area contributed by atoms with Crippen molar-refractivity contribution in [2.45, 2.75) is 44.2 Å². The smallest absolute Gasteiger partial charge is 0.328 e. The van der Waals surface area contributed by atoms with Gasteiger partial charge in [-0.3, -0.25) is 9.59 Å². The minimum Gasteiger partial charge on any atom is -0.467 e. The third kappa shape index (κ3) is 7.01. The molecule has 1 rings (SSSR count). The number of benzene rings is 1. The maximum atomic E-state index is 12.5. The molecule has 0 heterocycles. The zero-order valence-corrected chi connectivity index (χ0v) is 16.7. The molecular formula is C18H26N2O6S. The van der Waals surface area contributed by atoms with E-state index in [1.807, 2.05) is 0 Å². The predicted octanol–water partition coefficient (Wildman–Crippen LogP) is 0.669. The molecule has 0 aliphatic heterocycles. The molecule has 2 atom stereocenters. The minimum absolute atomic E-state index is 0.137. The monoisotopic (exact) mass is 398 g/mol. The van der Waals surface area contributed by atoms with Crippen LogP contribution >= 0.6 is 0 Å². The summed E-state index contributed by atoms with van der Waals surface area (Å²) in [6.45, 7) is 4.77. The van der Waals surface area contributed by atoms with Gasteiger partial charge in [0.1, 0.15) is 12.1 Å². The van der Waals surface area contributed by atoms with E-state index in [1.165, 1.54) is 19.1 Å². The van der Waals surface area contributed by atoms with Gasteiger partial charge in [0.25, 0.3) is 0 Å². The lowest BCUT2D eigenvalue weighted by Crippen LogP contribution is -2.53. The van der Waals surface area contributed by atoms with Gasteiger partial charge < -0.3 is 15.4 Å². The minimum atomic E-state index is -3.62. The summed E-state index contributed by atoms with van der Waals surface area (Å²) in [5.74, 6) is -2.28. The number of rotatable bonds is 9. The Hall–Kier alpha value is -2.42. The second kappa shape index (κ2) is 10.1. The number of carbonyl (C=O) groups excluding carboxylic acids is 3. The number of methoxy groups -OCH3 is 1. The van der Waals surface area contributed by atoms with Gasteiger partial charge in [0.15, 0.2) is 9.84 Å². The van der Waals surface area contributed by atoms with E-state index >= 15 is 0 Å². The topological polar surface area (TPSA) is 119 Å². The van der Waals surface area contributed by atoms with Crippen LogP contribution in [0.15, 0.2) is 35.2 Å². The van der Waals surface area contributed by atoms with Crippen LogP contribution in [0, 0.1) is 5.92 Å². The highest BCUT2D eigenvalue weighted by Gasteiger charge is 2.30. The first-order valence-corrected chi connectivity index (χ1v) is 10.2. The van der Waals surface area contributed by atoms with Gasteiger partial charge in [-0.05, 0) is 24.5 Å². The van der Waals surface area contributed by atoms with Crippen LogP contribution in [-0.2, 0) is 29.0 Å². The van der Waals surface area contributed by atoms with E-state index in [4.69, 9.17) is 0 Å². The van der Waals surface area contributed by atoms with Crippen molar-refractivity contribution in [3.8, 4) is 0 Å². The summed E-state index contributed by atoms with van der Waals surface area (Å²) >= 11 is 0. The Morgan fingerprint density at radius 2 is 1.67 bits per heavy atom. The lowest BCUT2D eigenvalue weighted by Gasteiger charge is -2.24. The number of sulfone groups is 1. The molecule has 0 saturated heterocycles. The molecule has 0 fully saturated rings. The van der Waals surface area contributed by atoms with E-state index in [1.54, 1.807) is 32.0 Å². The number of hydrogen-bond acceptors (Lipinski definition) is 6. The van der Waals surface area contributed by atoms with Gasteiger partial charge in [-0.2, -0.15) is 0 Å². The number of nitrogens with one attached hydrogen (secondary N) is 2. The number of carbonyl (C=O) groups is 3. The fraction of sp³-hybridized carbons (Fsp3) is 0.500. The highest BCUT2D eigenvalue weighted by molar-refractivity contribution is 7.91. The molecule has 150 valence electrons. The molecule has 8 nitrogen and oxygen atoms in total. The molecule has 0 bridgehead atoms. The molecule has 2 N–H and O–H groups in total. The molecule has 1 aromatic carbocycles. The van der Waals surface area contributed by atoms with Crippen molar-refractivity contribution < 1.29 is 27.5 Å². The van der Waals surface area contributed by atoms with Crippen LogP contribution in [0.4, 0.5) is 0 Å². The normalized spacial score (nSPS) is 13.5. The largest absolute Gasteiger partial charge is 0.467 e. The van der Waals surface area contributed by atoms with Crippen LogP contribution < -0.4 is 10.6 Å². The summed E-state index contributed by atoms with van der Waals surface area (Å²) in [4.78, 5) is 35.9. The molecule has 0 saturated carbocycles. The standard InChI is InChI=1S/C18H26N2O6S/c1-12(2)16(19-13(3)21)17(22)20-15(18(23)26-4)10-11-27(24,25)14-8-6-5-7-9-14/h5-9,12,15-16H,10-11H2,1-4H3,(H,19,21)(H,20,22)/t15-,16+/m0/s1. The van der Waals surface area contributed by atoms with Crippen molar-refractivity contribution in [3.05, 3.63) is 30.3 Å². The van der Waals surface area contributed by atoms with E-state index in [0.717, 1.165) is 7.11 Å². The number of amides is 2. The number of hydrogen-bond donors (Lipinski definition) is 2. The highest BCUT2D eigenvalue weighted by Crippen LogP contribution is 2.13. The van der Waals surface area contributed by atoms with Crippen LogP contribution in [0.5, 0.6) is 0 Å². The average molecular weight is 398 g/mol. The molecule has 0 radical (unpaired) electrons. The predicted molar refractivity (Wildman–Crippen MR) is 99.5 cm³/mol. The fourth-order valence-electron chi connectivity index (χ4n) is 2.43. The maximum Gasteiger partial charge on any atom is 0.328 e. The summed E-state index contributed by atoms with van der Waals surface area (Å²) in [6, 6.07) is 5.85. The van der Waals surface area contributed by atoms with Gasteiger partial charge in [0.2, 0.25) is 11.8 Å². The Bertz CT molecular complexity index is 761. The first-order chi connectivity index (χ1) is 12.6. The van der Waals surface area contributed by atoms with Gasteiger partial charge in [0.05, 0.1) is 17.8 Å². The van der Waals surface area contributed by atoms with Crippen LogP contribution in [0.25, 0.3) is 0 Å². The van der Waals surface area contributed by atoms with E-state index in [0.29, 0.717) is 0 Å². The summed E-state index contributed by atoms with van der Waals surface area (Å²) < 4.78 is 29.5. The summed E-state index contributed by atoms with van der Waals surface area (Å²) in [6.07, 6.45) is -0.152. The van der Waals surface area contributed by atoms with Crippen LogP contribution in [0.2, 0.25) is 0 Å². The van der Waals surface area contributed by atoms with Crippen molar-refractivity contribution in [2.24, 2.45) is 5.92 Å². The summed E-state index contributed by atoms with van der Waals surface area (Å²) in [5.41, 5.74) is 0.